The molecule has 0 aliphatic carbocycles. The van der Waals surface area contributed by atoms with Crippen molar-refractivity contribution < 1.29 is 67.3 Å². The minimum Gasteiger partial charge on any atom is -0.756 e. The molecule has 39 heavy (non-hydrogen) atoms. The maximum Gasteiger partial charge on any atom is 1.00 e. The summed E-state index contributed by atoms with van der Waals surface area (Å²) in [5.41, 5.74) is 3.37. The van der Waals surface area contributed by atoms with Gasteiger partial charge in [0.05, 0.1) is 0 Å². The second-order valence-electron chi connectivity index (χ2n) is 13.6. The van der Waals surface area contributed by atoms with E-state index in [0.29, 0.717) is 11.5 Å². The van der Waals surface area contributed by atoms with Crippen molar-refractivity contribution in [3.8, 4) is 11.5 Å². The van der Waals surface area contributed by atoms with Gasteiger partial charge in [-0.2, -0.15) is 0 Å². The van der Waals surface area contributed by atoms with E-state index >= 15 is 0 Å². The van der Waals surface area contributed by atoms with Crippen LogP contribution in [0.25, 0.3) is 0 Å². The molecule has 0 amide bonds. The van der Waals surface area contributed by atoms with Crippen molar-refractivity contribution >= 4 is 15.6 Å². The van der Waals surface area contributed by atoms with Gasteiger partial charge in [0, 0.05) is 11.1 Å². The summed E-state index contributed by atoms with van der Waals surface area (Å²) in [5, 5.41) is 0. The zero-order valence-corrected chi connectivity index (χ0v) is 29.5. The first-order valence-corrected chi connectivity index (χ1v) is 15.4. The molecule has 0 aromatic heterocycles. The Morgan fingerprint density at radius 2 is 0.846 bits per heavy atom. The van der Waals surface area contributed by atoms with E-state index in [4.69, 9.17) is 28.3 Å². The molecule has 0 atom stereocenters. The minimum atomic E-state index is -4.89. The molecule has 0 bridgehead atoms. The van der Waals surface area contributed by atoms with Crippen molar-refractivity contribution in [1.29, 1.82) is 0 Å². The van der Waals surface area contributed by atoms with E-state index in [2.05, 4.69) is 95.2 Å². The van der Waals surface area contributed by atoms with Crippen molar-refractivity contribution in [2.24, 2.45) is 0 Å². The van der Waals surface area contributed by atoms with Gasteiger partial charge in [0.15, 0.2) is 0 Å². The fourth-order valence-corrected chi connectivity index (χ4v) is 4.44. The van der Waals surface area contributed by atoms with Gasteiger partial charge in [0.25, 0.3) is 7.82 Å². The van der Waals surface area contributed by atoms with E-state index < -0.39 is 15.6 Å². The summed E-state index contributed by atoms with van der Waals surface area (Å²) in [5.74, 6) is 0.731. The largest absolute Gasteiger partial charge is 1.00 e. The Bertz CT molecular complexity index is 1120. The zero-order chi connectivity index (χ0) is 30.1. The number of hydrogen-bond donors (Lipinski definition) is 3. The molecule has 2 rings (SSSR count). The molecule has 8 nitrogen and oxygen atoms in total. The number of phosphoric acid groups is 2. The summed E-state index contributed by atoms with van der Waals surface area (Å²) >= 11 is 0. The summed E-state index contributed by atoms with van der Waals surface area (Å²) in [4.78, 5) is 33.7. The van der Waals surface area contributed by atoms with Gasteiger partial charge in [0.2, 0.25) is 0 Å². The first-order valence-electron chi connectivity index (χ1n) is 12.4. The Balaban J connectivity index is 0.00000220. The molecule has 0 unspecified atom stereocenters. The van der Waals surface area contributed by atoms with E-state index in [-0.39, 0.29) is 51.2 Å². The van der Waals surface area contributed by atoms with Crippen LogP contribution in [-0.2, 0) is 30.8 Å². The molecule has 0 radical (unpaired) electrons. The predicted octanol–water partition coefficient (Wildman–Crippen LogP) is 3.88. The number of rotatable bonds is 4. The van der Waals surface area contributed by atoms with Gasteiger partial charge in [-0.05, 0) is 44.9 Å². The molecule has 0 fully saturated rings. The van der Waals surface area contributed by atoms with Crippen LogP contribution in [0, 0.1) is 0 Å². The smallest absolute Gasteiger partial charge is 0.756 e. The quantitative estimate of drug-likeness (QED) is 0.359. The van der Waals surface area contributed by atoms with Crippen LogP contribution in [0.5, 0.6) is 11.5 Å². The van der Waals surface area contributed by atoms with E-state index in [1.54, 1.807) is 12.1 Å². The molecule has 0 spiro atoms. The van der Waals surface area contributed by atoms with Crippen molar-refractivity contribution in [2.75, 3.05) is 0 Å². The third-order valence-corrected chi connectivity index (χ3v) is 6.59. The molecular formula is C28H45NaO8P2. The Hall–Kier alpha value is -0.660. The molecule has 11 heteroatoms. The molecule has 0 saturated heterocycles. The van der Waals surface area contributed by atoms with Crippen LogP contribution in [0.1, 0.15) is 105 Å². The fraction of sp³-hybridized carbons (Fsp3) is 0.571. The van der Waals surface area contributed by atoms with Crippen LogP contribution in [0.4, 0.5) is 0 Å². The summed E-state index contributed by atoms with van der Waals surface area (Å²) in [6.45, 7) is 25.2. The van der Waals surface area contributed by atoms with Crippen LogP contribution >= 0.6 is 15.6 Å². The van der Waals surface area contributed by atoms with Crippen LogP contribution < -0.4 is 43.5 Å². The van der Waals surface area contributed by atoms with Gasteiger partial charge < -0.3 is 23.7 Å². The predicted molar refractivity (Wildman–Crippen MR) is 151 cm³/mol. The average molecular weight is 595 g/mol. The van der Waals surface area contributed by atoms with Gasteiger partial charge in [-0.25, -0.2) is 4.57 Å². The van der Waals surface area contributed by atoms with Crippen molar-refractivity contribution in [3.05, 3.63) is 58.7 Å². The van der Waals surface area contributed by atoms with Crippen LogP contribution in [0.15, 0.2) is 36.4 Å². The molecular weight excluding hydrogens is 549 g/mol. The van der Waals surface area contributed by atoms with Gasteiger partial charge >= 0.3 is 37.4 Å². The third kappa shape index (κ3) is 13.2. The normalized spacial score (nSPS) is 13.1. The number of benzene rings is 2. The van der Waals surface area contributed by atoms with E-state index in [1.807, 2.05) is 12.1 Å². The third-order valence-electron chi connectivity index (χ3n) is 5.73. The molecule has 0 heterocycles. The Labute approximate surface area is 256 Å². The molecule has 0 aliphatic rings. The van der Waals surface area contributed by atoms with Gasteiger partial charge in [0.1, 0.15) is 11.5 Å². The number of phosphoric ester groups is 1. The molecule has 0 aliphatic heterocycles. The second kappa shape index (κ2) is 13.1. The van der Waals surface area contributed by atoms with E-state index in [0.717, 1.165) is 22.3 Å². The van der Waals surface area contributed by atoms with Gasteiger partial charge in [-0.3, -0.25) is 9.46 Å². The Morgan fingerprint density at radius 3 is 1.05 bits per heavy atom. The van der Waals surface area contributed by atoms with Crippen LogP contribution in [0.2, 0.25) is 0 Å². The minimum absolute atomic E-state index is 0. The second-order valence-corrected chi connectivity index (χ2v) is 15.8. The number of hydrogen-bond acceptors (Lipinski definition) is 5. The SMILES string of the molecule is CC(C)(C)c1ccc(OP(=O)(O)Oc2ccc(C(C)(C)C)cc2C(C)(C)C)c(C(C)(C)C)c1.O=P([O-])(O)O.[Na+]. The summed E-state index contributed by atoms with van der Waals surface area (Å²) < 4.78 is 33.3. The molecule has 0 saturated carbocycles. The first-order chi connectivity index (χ1) is 16.6. The van der Waals surface area contributed by atoms with E-state index in [1.165, 1.54) is 0 Å². The first kappa shape index (κ1) is 38.3. The molecule has 2 aromatic carbocycles. The topological polar surface area (TPSA) is 136 Å². The standard InChI is InChI=1S/C28H43O4P.Na.H3O4P/c1-25(2,3)19-13-15-23(21(17-19)27(7,8)9)31-33(29,30)32-24-16-14-20(26(4,5)6)18-22(24)28(10,11)12;;1-5(2,3)4/h13-18H,1-12H3,(H,29,30);;(H3,1,2,3,4)/q;+1;/p-1. The summed E-state index contributed by atoms with van der Waals surface area (Å²) in [7, 11) is -9.33. The average Bonchev–Trinajstić information content (AvgIpc) is 2.63. The Kier molecular flexibility index (Phi) is 12.9. The van der Waals surface area contributed by atoms with E-state index in [9.17, 15) is 9.46 Å². The van der Waals surface area contributed by atoms with Crippen molar-refractivity contribution in [1.82, 2.24) is 0 Å². The molecule has 2 aromatic rings. The maximum absolute atomic E-state index is 13.2. The van der Waals surface area contributed by atoms with Gasteiger partial charge in [-0.1, -0.05) is 107 Å². The Morgan fingerprint density at radius 1 is 0.590 bits per heavy atom. The molecule has 216 valence electrons. The van der Waals surface area contributed by atoms with Crippen LogP contribution in [0.3, 0.4) is 0 Å². The summed E-state index contributed by atoms with van der Waals surface area (Å²) in [6.07, 6.45) is 0. The molecule has 3 N–H and O–H groups in total. The fourth-order valence-electron chi connectivity index (χ4n) is 3.59. The van der Waals surface area contributed by atoms with Crippen LogP contribution in [-0.4, -0.2) is 14.7 Å². The van der Waals surface area contributed by atoms with Crippen molar-refractivity contribution in [2.45, 2.75) is 105 Å². The monoisotopic (exact) mass is 594 g/mol. The maximum atomic E-state index is 13.2. The zero-order valence-electron chi connectivity index (χ0n) is 25.7. The van der Waals surface area contributed by atoms with Gasteiger partial charge in [-0.15, -0.1) is 0 Å². The van der Waals surface area contributed by atoms with Crippen molar-refractivity contribution in [3.63, 3.8) is 0 Å². The summed E-state index contributed by atoms with van der Waals surface area (Å²) in [6, 6.07) is 11.6.